The van der Waals surface area contributed by atoms with Crippen LogP contribution in [0, 0.1) is 0 Å². The molecular weight excluding hydrogens is 618 g/mol. The van der Waals surface area contributed by atoms with Crippen molar-refractivity contribution >= 4 is 31.8 Å². The Labute approximate surface area is 250 Å². The van der Waals surface area contributed by atoms with E-state index in [2.05, 4.69) is 45.2 Å². The van der Waals surface area contributed by atoms with Crippen molar-refractivity contribution in [2.75, 3.05) is 49.6 Å². The van der Waals surface area contributed by atoms with Crippen LogP contribution in [0.5, 0.6) is 0 Å². The van der Waals surface area contributed by atoms with Gasteiger partial charge in [0, 0.05) is 53.3 Å². The maximum Gasteiger partial charge on any atom is 0.423 e. The molecule has 0 bridgehead atoms. The summed E-state index contributed by atoms with van der Waals surface area (Å²) in [5.41, 5.74) is -4.27. The molecule has 3 rings (SSSR count). The van der Waals surface area contributed by atoms with Gasteiger partial charge in [-0.05, 0) is 13.0 Å². The monoisotopic (exact) mass is 652 g/mol. The molecule has 2 aromatic heterocycles. The Morgan fingerprint density at radius 2 is 1.70 bits per heavy atom. The molecule has 44 heavy (non-hydrogen) atoms. The Balaban J connectivity index is 1.48. The number of carbonyl (C=O) groups is 1. The number of nitrogens with one attached hydrogen (secondary N) is 1. The molecule has 12 nitrogen and oxygen atoms in total. The van der Waals surface area contributed by atoms with E-state index >= 15 is 0 Å². The van der Waals surface area contributed by atoms with Gasteiger partial charge in [-0.3, -0.25) is 9.59 Å². The molecule has 1 fully saturated rings. The lowest BCUT2D eigenvalue weighted by molar-refractivity contribution is -0.139. The van der Waals surface area contributed by atoms with Gasteiger partial charge >= 0.3 is 12.4 Å². The Morgan fingerprint density at radius 1 is 1.07 bits per heavy atom. The molecule has 19 heteroatoms. The summed E-state index contributed by atoms with van der Waals surface area (Å²) in [6, 6.07) is 0.0116. The van der Waals surface area contributed by atoms with Crippen molar-refractivity contribution in [3.63, 3.8) is 0 Å². The maximum atomic E-state index is 13.8. The number of nitrogens with zero attached hydrogens (tertiary/aromatic N) is 7. The highest BCUT2D eigenvalue weighted by molar-refractivity contribution is 6.76. The van der Waals surface area contributed by atoms with Crippen LogP contribution in [0.4, 0.5) is 38.0 Å². The first-order valence-corrected chi connectivity index (χ1v) is 17.3. The highest BCUT2D eigenvalue weighted by Crippen LogP contribution is 2.32. The smallest absolute Gasteiger partial charge is 0.393 e. The zero-order valence-electron chi connectivity index (χ0n) is 24.6. The third kappa shape index (κ3) is 10.2. The number of oxime groups is 1. The van der Waals surface area contributed by atoms with Crippen LogP contribution in [0.1, 0.15) is 18.1 Å². The molecule has 0 aliphatic carbocycles. The maximum absolute atomic E-state index is 13.8. The van der Waals surface area contributed by atoms with E-state index in [0.717, 1.165) is 18.5 Å². The molecule has 1 N–H and O–H groups in total. The van der Waals surface area contributed by atoms with E-state index in [1.165, 1.54) is 11.8 Å². The fourth-order valence-corrected chi connectivity index (χ4v) is 4.63. The summed E-state index contributed by atoms with van der Waals surface area (Å²) < 4.78 is 85.4. The van der Waals surface area contributed by atoms with Crippen molar-refractivity contribution in [2.45, 2.75) is 57.7 Å². The van der Waals surface area contributed by atoms with E-state index in [9.17, 15) is 35.9 Å². The summed E-state index contributed by atoms with van der Waals surface area (Å²) in [7, 11) is -1.43. The second-order valence-corrected chi connectivity index (χ2v) is 16.9. The van der Waals surface area contributed by atoms with Crippen LogP contribution in [0.25, 0.3) is 0 Å². The Kier molecular flexibility index (Phi) is 11.3. The van der Waals surface area contributed by atoms with E-state index in [-0.39, 0.29) is 38.7 Å². The van der Waals surface area contributed by atoms with Crippen molar-refractivity contribution in [1.29, 1.82) is 0 Å². The molecular formula is C25H34F6N8O4Si. The number of anilines is 2. The van der Waals surface area contributed by atoms with Crippen molar-refractivity contribution in [3.8, 4) is 0 Å². The largest absolute Gasteiger partial charge is 0.423 e. The van der Waals surface area contributed by atoms with Gasteiger partial charge in [-0.25, -0.2) is 14.6 Å². The molecule has 244 valence electrons. The predicted molar refractivity (Wildman–Crippen MR) is 151 cm³/mol. The summed E-state index contributed by atoms with van der Waals surface area (Å²) in [5, 5.41) is 9.93. The topological polar surface area (TPSA) is 127 Å². The zero-order valence-corrected chi connectivity index (χ0v) is 25.6. The number of aromatic nitrogens is 4. The van der Waals surface area contributed by atoms with Crippen LogP contribution in [-0.4, -0.2) is 90.3 Å². The van der Waals surface area contributed by atoms with Gasteiger partial charge in [-0.1, -0.05) is 24.8 Å². The Bertz CT molecular complexity index is 1340. The lowest BCUT2D eigenvalue weighted by atomic mass is 10.2. The van der Waals surface area contributed by atoms with Gasteiger partial charge in [0.15, 0.2) is 0 Å². The Hall–Kier alpha value is -3.74. The fraction of sp³-hybridized carbons (Fsp3) is 0.600. The number of hydrogen-bond acceptors (Lipinski definition) is 10. The first-order valence-electron chi connectivity index (χ1n) is 13.6. The van der Waals surface area contributed by atoms with Crippen LogP contribution < -0.4 is 15.8 Å². The van der Waals surface area contributed by atoms with Crippen LogP contribution in [-0.2, 0) is 33.5 Å². The molecule has 1 aliphatic rings. The molecule has 0 saturated carbocycles. The van der Waals surface area contributed by atoms with Gasteiger partial charge in [-0.15, -0.1) is 0 Å². The minimum absolute atomic E-state index is 0.107. The van der Waals surface area contributed by atoms with Crippen molar-refractivity contribution in [3.05, 3.63) is 40.1 Å². The van der Waals surface area contributed by atoms with E-state index in [1.54, 1.807) is 4.90 Å². The SMILES string of the molecule is CC(CO/N=C/C(=O)N1CCN(c2ncc(C(F)(F)F)cn2)CC1)Nc1cnn(COCC[Si](C)(C)C)c(=O)c1C(F)(F)F. The summed E-state index contributed by atoms with van der Waals surface area (Å²) in [5.74, 6) is -0.395. The average molecular weight is 653 g/mol. The average Bonchev–Trinajstić information content (AvgIpc) is 2.93. The lowest BCUT2D eigenvalue weighted by Gasteiger charge is -2.34. The number of halogens is 6. The molecule has 1 atom stereocenters. The van der Waals surface area contributed by atoms with Gasteiger partial charge < -0.3 is 24.7 Å². The van der Waals surface area contributed by atoms with Gasteiger partial charge in [0.25, 0.3) is 11.5 Å². The lowest BCUT2D eigenvalue weighted by Crippen LogP contribution is -2.49. The summed E-state index contributed by atoms with van der Waals surface area (Å²) in [4.78, 5) is 40.6. The number of piperazine rings is 1. The third-order valence-corrected chi connectivity index (χ3v) is 8.05. The summed E-state index contributed by atoms with van der Waals surface area (Å²) in [6.07, 6.45) is -6.32. The van der Waals surface area contributed by atoms with E-state index < -0.39 is 61.5 Å². The second-order valence-electron chi connectivity index (χ2n) is 11.2. The van der Waals surface area contributed by atoms with Crippen LogP contribution in [0.2, 0.25) is 25.7 Å². The number of alkyl halides is 6. The Morgan fingerprint density at radius 3 is 2.27 bits per heavy atom. The summed E-state index contributed by atoms with van der Waals surface area (Å²) in [6.45, 7) is 8.46. The first kappa shape index (κ1) is 34.7. The van der Waals surface area contributed by atoms with Crippen LogP contribution >= 0.6 is 0 Å². The minimum atomic E-state index is -4.96. The highest BCUT2D eigenvalue weighted by atomic mass is 28.3. The van der Waals surface area contributed by atoms with E-state index in [1.807, 2.05) is 0 Å². The minimum Gasteiger partial charge on any atom is -0.393 e. The fourth-order valence-electron chi connectivity index (χ4n) is 3.88. The van der Waals surface area contributed by atoms with Crippen molar-refractivity contribution < 1.29 is 40.7 Å². The zero-order chi connectivity index (χ0) is 32.7. The van der Waals surface area contributed by atoms with Gasteiger partial charge in [0.05, 0.1) is 23.5 Å². The molecule has 0 radical (unpaired) electrons. The molecule has 0 aromatic carbocycles. The molecule has 2 aromatic rings. The summed E-state index contributed by atoms with van der Waals surface area (Å²) >= 11 is 0. The van der Waals surface area contributed by atoms with E-state index in [4.69, 9.17) is 9.57 Å². The second kappa shape index (κ2) is 14.4. The van der Waals surface area contributed by atoms with Crippen molar-refractivity contribution in [2.24, 2.45) is 5.16 Å². The molecule has 0 spiro atoms. The number of hydrogen-bond donors (Lipinski definition) is 1. The molecule has 1 saturated heterocycles. The predicted octanol–water partition coefficient (Wildman–Crippen LogP) is 3.53. The van der Waals surface area contributed by atoms with E-state index in [0.29, 0.717) is 23.7 Å². The number of amides is 1. The number of ether oxygens (including phenoxy) is 1. The quantitative estimate of drug-likeness (QED) is 0.121. The van der Waals surface area contributed by atoms with Gasteiger partial charge in [0.1, 0.15) is 25.1 Å². The molecule has 1 aliphatic heterocycles. The normalized spacial score (nSPS) is 15.5. The van der Waals surface area contributed by atoms with Crippen LogP contribution in [0.15, 0.2) is 28.5 Å². The number of carbonyl (C=O) groups excluding carboxylic acids is 1. The first-order chi connectivity index (χ1) is 20.5. The van der Waals surface area contributed by atoms with Gasteiger partial charge in [0.2, 0.25) is 5.95 Å². The molecule has 1 amide bonds. The van der Waals surface area contributed by atoms with Crippen molar-refractivity contribution in [1.82, 2.24) is 24.6 Å². The molecule has 1 unspecified atom stereocenters. The van der Waals surface area contributed by atoms with Gasteiger partial charge in [-0.2, -0.15) is 31.4 Å². The third-order valence-electron chi connectivity index (χ3n) is 6.34. The standard InChI is InChI=1S/C25H34F6N8O4Si/c1-17(36-19-13-34-39(16-42-9-10-44(2,3)4)22(41)21(19)25(29,30)31)15-43-35-14-20(40)37-5-7-38(8-6-37)23-32-11-18(12-33-23)24(26,27)28/h11-14,17,36H,5-10,15-16H2,1-4H3/b35-14+. The number of rotatable bonds is 12. The van der Waals surface area contributed by atoms with Crippen LogP contribution in [0.3, 0.4) is 0 Å². The molecule has 3 heterocycles. The highest BCUT2D eigenvalue weighted by Gasteiger charge is 2.38.